The highest BCUT2D eigenvalue weighted by molar-refractivity contribution is 5.86. The van der Waals surface area contributed by atoms with Crippen LogP contribution in [0.5, 0.6) is 11.8 Å². The number of likely N-dealkylation sites (tertiary alicyclic amines) is 1. The van der Waals surface area contributed by atoms with Gasteiger partial charge in [-0.3, -0.25) is 9.78 Å². The molecule has 0 bridgehead atoms. The summed E-state index contributed by atoms with van der Waals surface area (Å²) in [5, 5.41) is 4.93. The van der Waals surface area contributed by atoms with Gasteiger partial charge in [0.1, 0.15) is 11.8 Å². The van der Waals surface area contributed by atoms with Crippen LogP contribution in [0.25, 0.3) is 11.0 Å². The minimum atomic E-state index is -0.127. The maximum atomic E-state index is 12.7. The topological polar surface area (TPSA) is 90.6 Å². The minimum absolute atomic E-state index is 0.0130. The molecular weight excluding hydrogens is 348 g/mol. The third-order valence-electron chi connectivity index (χ3n) is 4.59. The molecule has 140 valence electrons. The van der Waals surface area contributed by atoms with Gasteiger partial charge in [-0.1, -0.05) is 17.3 Å². The van der Waals surface area contributed by atoms with Crippen molar-refractivity contribution in [1.29, 1.82) is 0 Å². The van der Waals surface area contributed by atoms with Crippen LogP contribution in [0.1, 0.15) is 18.5 Å². The number of nitrogens with zero attached hydrogens (tertiary/aromatic N) is 4. The van der Waals surface area contributed by atoms with E-state index in [4.69, 9.17) is 14.0 Å². The zero-order valence-electron chi connectivity index (χ0n) is 15.0. The van der Waals surface area contributed by atoms with E-state index in [1.54, 1.807) is 6.20 Å². The molecule has 0 radical (unpaired) electrons. The van der Waals surface area contributed by atoms with Crippen LogP contribution in [0.3, 0.4) is 0 Å². The van der Waals surface area contributed by atoms with E-state index in [0.717, 1.165) is 18.2 Å². The number of para-hydroxylation sites is 1. The van der Waals surface area contributed by atoms with E-state index in [0.29, 0.717) is 36.1 Å². The van der Waals surface area contributed by atoms with Crippen LogP contribution in [-0.2, 0) is 11.2 Å². The summed E-state index contributed by atoms with van der Waals surface area (Å²) < 4.78 is 16.3. The van der Waals surface area contributed by atoms with Crippen molar-refractivity contribution in [2.24, 2.45) is 0 Å². The Morgan fingerprint density at radius 2 is 2.15 bits per heavy atom. The van der Waals surface area contributed by atoms with Crippen molar-refractivity contribution < 1.29 is 18.8 Å². The SMILES string of the molecule is COc1cncc(OC2CCCN(C(=O)Cc3noc4ccccc34)C2)n1. The first-order chi connectivity index (χ1) is 13.2. The molecule has 3 heterocycles. The highest BCUT2D eigenvalue weighted by Crippen LogP contribution is 2.21. The van der Waals surface area contributed by atoms with E-state index in [-0.39, 0.29) is 18.4 Å². The molecule has 1 aromatic carbocycles. The molecule has 1 unspecified atom stereocenters. The largest absolute Gasteiger partial charge is 0.480 e. The smallest absolute Gasteiger partial charge is 0.235 e. The number of amides is 1. The second-order valence-corrected chi connectivity index (χ2v) is 6.42. The first kappa shape index (κ1) is 17.3. The van der Waals surface area contributed by atoms with Gasteiger partial charge in [-0.15, -0.1) is 0 Å². The number of hydrogen-bond acceptors (Lipinski definition) is 7. The third kappa shape index (κ3) is 3.84. The van der Waals surface area contributed by atoms with Crippen molar-refractivity contribution in [2.75, 3.05) is 20.2 Å². The summed E-state index contributed by atoms with van der Waals surface area (Å²) in [7, 11) is 1.53. The summed E-state index contributed by atoms with van der Waals surface area (Å²) in [6, 6.07) is 7.55. The summed E-state index contributed by atoms with van der Waals surface area (Å²) >= 11 is 0. The van der Waals surface area contributed by atoms with Crippen LogP contribution in [0, 0.1) is 0 Å². The fraction of sp³-hybridized carbons (Fsp3) is 0.368. The zero-order chi connectivity index (χ0) is 18.6. The van der Waals surface area contributed by atoms with Crippen LogP contribution in [-0.4, -0.2) is 52.2 Å². The van der Waals surface area contributed by atoms with Gasteiger partial charge in [0.25, 0.3) is 0 Å². The van der Waals surface area contributed by atoms with Crippen molar-refractivity contribution in [1.82, 2.24) is 20.0 Å². The average Bonchev–Trinajstić information content (AvgIpc) is 3.11. The first-order valence-electron chi connectivity index (χ1n) is 8.86. The Bertz CT molecular complexity index is 942. The number of rotatable bonds is 5. The van der Waals surface area contributed by atoms with Gasteiger partial charge >= 0.3 is 0 Å². The lowest BCUT2D eigenvalue weighted by Crippen LogP contribution is -2.45. The molecule has 0 saturated carbocycles. The number of aromatic nitrogens is 3. The van der Waals surface area contributed by atoms with E-state index < -0.39 is 0 Å². The Kier molecular flexibility index (Phi) is 4.86. The Morgan fingerprint density at radius 3 is 3.04 bits per heavy atom. The van der Waals surface area contributed by atoms with Gasteiger partial charge < -0.3 is 18.9 Å². The van der Waals surface area contributed by atoms with Crippen LogP contribution >= 0.6 is 0 Å². The lowest BCUT2D eigenvalue weighted by atomic mass is 10.1. The number of hydrogen-bond donors (Lipinski definition) is 0. The van der Waals surface area contributed by atoms with Crippen molar-refractivity contribution in [3.8, 4) is 11.8 Å². The Balaban J connectivity index is 1.40. The summed E-state index contributed by atoms with van der Waals surface area (Å²) in [4.78, 5) is 22.8. The monoisotopic (exact) mass is 368 g/mol. The number of fused-ring (bicyclic) bond motifs is 1. The maximum absolute atomic E-state index is 12.7. The maximum Gasteiger partial charge on any atom is 0.235 e. The predicted octanol–water partition coefficient (Wildman–Crippen LogP) is 2.24. The molecule has 4 rings (SSSR count). The van der Waals surface area contributed by atoms with E-state index in [2.05, 4.69) is 15.1 Å². The summed E-state index contributed by atoms with van der Waals surface area (Å²) in [5.41, 5.74) is 1.36. The second kappa shape index (κ2) is 7.61. The highest BCUT2D eigenvalue weighted by Gasteiger charge is 2.26. The van der Waals surface area contributed by atoms with Crippen molar-refractivity contribution in [2.45, 2.75) is 25.4 Å². The van der Waals surface area contributed by atoms with E-state index in [1.807, 2.05) is 29.2 Å². The molecule has 0 spiro atoms. The number of piperidine rings is 1. The van der Waals surface area contributed by atoms with Crippen LogP contribution in [0.15, 0.2) is 41.2 Å². The molecule has 1 atom stereocenters. The Labute approximate surface area is 156 Å². The fourth-order valence-electron chi connectivity index (χ4n) is 3.24. The van der Waals surface area contributed by atoms with E-state index in [9.17, 15) is 4.79 Å². The molecule has 8 nitrogen and oxygen atoms in total. The second-order valence-electron chi connectivity index (χ2n) is 6.42. The van der Waals surface area contributed by atoms with E-state index >= 15 is 0 Å². The van der Waals surface area contributed by atoms with Crippen molar-refractivity contribution in [3.63, 3.8) is 0 Å². The number of methoxy groups -OCH3 is 1. The van der Waals surface area contributed by atoms with Gasteiger partial charge in [0.2, 0.25) is 17.7 Å². The Hall–Kier alpha value is -3.16. The number of benzene rings is 1. The molecule has 1 amide bonds. The van der Waals surface area contributed by atoms with Gasteiger partial charge in [-0.25, -0.2) is 0 Å². The third-order valence-corrected chi connectivity index (χ3v) is 4.59. The van der Waals surface area contributed by atoms with Gasteiger partial charge in [-0.2, -0.15) is 4.98 Å². The summed E-state index contributed by atoms with van der Waals surface area (Å²) in [6.45, 7) is 1.21. The normalized spacial score (nSPS) is 17.1. The van der Waals surface area contributed by atoms with E-state index in [1.165, 1.54) is 13.3 Å². The van der Waals surface area contributed by atoms with Crippen LogP contribution < -0.4 is 9.47 Å². The number of ether oxygens (including phenoxy) is 2. The minimum Gasteiger partial charge on any atom is -0.480 e. The van der Waals surface area contributed by atoms with Gasteiger partial charge in [-0.05, 0) is 25.0 Å². The molecule has 1 aliphatic heterocycles. The Morgan fingerprint density at radius 1 is 1.30 bits per heavy atom. The van der Waals surface area contributed by atoms with Gasteiger partial charge in [0, 0.05) is 11.9 Å². The molecule has 3 aromatic rings. The number of carbonyl (C=O) groups is 1. The lowest BCUT2D eigenvalue weighted by Gasteiger charge is -2.32. The lowest BCUT2D eigenvalue weighted by molar-refractivity contribution is -0.133. The molecule has 1 fully saturated rings. The standard InChI is InChI=1S/C19H20N4O4/c1-25-17-10-20-11-18(21-17)26-13-5-4-8-23(12-13)19(24)9-15-14-6-2-3-7-16(14)27-22-15/h2-3,6-7,10-11,13H,4-5,8-9,12H2,1H3. The molecule has 0 N–H and O–H groups in total. The molecule has 1 saturated heterocycles. The zero-order valence-corrected chi connectivity index (χ0v) is 15.0. The van der Waals surface area contributed by atoms with Gasteiger partial charge in [0.05, 0.1) is 32.5 Å². The molecule has 27 heavy (non-hydrogen) atoms. The summed E-state index contributed by atoms with van der Waals surface area (Å²) in [5.74, 6) is 0.810. The molecule has 1 aliphatic rings. The average molecular weight is 368 g/mol. The van der Waals surface area contributed by atoms with Crippen molar-refractivity contribution >= 4 is 16.9 Å². The van der Waals surface area contributed by atoms with Crippen molar-refractivity contribution in [3.05, 3.63) is 42.4 Å². The first-order valence-corrected chi connectivity index (χ1v) is 8.86. The van der Waals surface area contributed by atoms with Crippen LogP contribution in [0.4, 0.5) is 0 Å². The highest BCUT2D eigenvalue weighted by atomic mass is 16.5. The van der Waals surface area contributed by atoms with Gasteiger partial charge in [0.15, 0.2) is 5.58 Å². The number of carbonyl (C=O) groups excluding carboxylic acids is 1. The predicted molar refractivity (Wildman–Crippen MR) is 96.5 cm³/mol. The summed E-state index contributed by atoms with van der Waals surface area (Å²) in [6.07, 6.45) is 4.88. The fourth-order valence-corrected chi connectivity index (χ4v) is 3.24. The quantitative estimate of drug-likeness (QED) is 0.682. The molecule has 8 heteroatoms. The molecular formula is C19H20N4O4. The molecule has 2 aromatic heterocycles. The molecule has 0 aliphatic carbocycles. The van der Waals surface area contributed by atoms with Crippen LogP contribution in [0.2, 0.25) is 0 Å².